The second kappa shape index (κ2) is 7.17. The fraction of sp³-hybridized carbons (Fsp3) is 0.556. The number of morpholine rings is 1. The number of hydrogen-bond donors (Lipinski definition) is 0. The van der Waals surface area contributed by atoms with E-state index in [0.717, 1.165) is 28.1 Å². The molecule has 0 unspecified atom stereocenters. The Morgan fingerprint density at radius 2 is 2.21 bits per heavy atom. The summed E-state index contributed by atoms with van der Waals surface area (Å²) in [6, 6.07) is 8.28. The van der Waals surface area contributed by atoms with Gasteiger partial charge in [-0.05, 0) is 25.0 Å². The third kappa shape index (κ3) is 3.31. The van der Waals surface area contributed by atoms with E-state index in [-0.39, 0.29) is 24.7 Å². The number of benzene rings is 1. The van der Waals surface area contributed by atoms with Gasteiger partial charge >= 0.3 is 0 Å². The summed E-state index contributed by atoms with van der Waals surface area (Å²) in [5.41, 5.74) is 0.991. The summed E-state index contributed by atoms with van der Waals surface area (Å²) in [5.74, 6) is 0.0799. The fourth-order valence-corrected chi connectivity index (χ4v) is 4.60. The van der Waals surface area contributed by atoms with E-state index in [4.69, 9.17) is 9.47 Å². The molecule has 1 aliphatic carbocycles. The molecule has 128 valence electrons. The van der Waals surface area contributed by atoms with Crippen molar-refractivity contribution in [2.75, 3.05) is 19.8 Å². The van der Waals surface area contributed by atoms with E-state index in [1.807, 2.05) is 23.1 Å². The molecule has 1 aliphatic heterocycles. The lowest BCUT2D eigenvalue weighted by Crippen LogP contribution is -2.55. The van der Waals surface area contributed by atoms with E-state index >= 15 is 0 Å². The minimum absolute atomic E-state index is 0.0799. The maximum Gasteiger partial charge on any atom is 0.249 e. The topological polar surface area (TPSA) is 51.7 Å². The summed E-state index contributed by atoms with van der Waals surface area (Å²) in [5, 5.41) is 0.918. The Balaban J connectivity index is 1.32. The van der Waals surface area contributed by atoms with Gasteiger partial charge < -0.3 is 14.4 Å². The van der Waals surface area contributed by atoms with Crippen molar-refractivity contribution in [1.29, 1.82) is 0 Å². The van der Waals surface area contributed by atoms with Gasteiger partial charge in [0.1, 0.15) is 11.6 Å². The van der Waals surface area contributed by atoms with Crippen LogP contribution in [0.2, 0.25) is 0 Å². The third-order valence-electron chi connectivity index (χ3n) is 4.84. The second-order valence-electron chi connectivity index (χ2n) is 6.42. The van der Waals surface area contributed by atoms with Gasteiger partial charge in [-0.2, -0.15) is 0 Å². The molecule has 0 bridgehead atoms. The number of hydrogen-bond acceptors (Lipinski definition) is 5. The Bertz CT molecular complexity index is 682. The van der Waals surface area contributed by atoms with E-state index in [1.54, 1.807) is 11.3 Å². The molecule has 1 saturated heterocycles. The highest BCUT2D eigenvalue weighted by Crippen LogP contribution is 2.28. The van der Waals surface area contributed by atoms with Crippen LogP contribution in [0.4, 0.5) is 0 Å². The quantitative estimate of drug-likeness (QED) is 0.854. The lowest BCUT2D eigenvalue weighted by atomic mass is 9.90. The van der Waals surface area contributed by atoms with E-state index < -0.39 is 0 Å². The van der Waals surface area contributed by atoms with Crippen molar-refractivity contribution in [3.8, 4) is 0 Å². The molecule has 2 atom stereocenters. The summed E-state index contributed by atoms with van der Waals surface area (Å²) in [6.45, 7) is 1.85. The van der Waals surface area contributed by atoms with Gasteiger partial charge in [-0.25, -0.2) is 4.98 Å². The molecule has 0 N–H and O–H groups in total. The van der Waals surface area contributed by atoms with Crippen molar-refractivity contribution in [2.24, 2.45) is 0 Å². The zero-order valence-corrected chi connectivity index (χ0v) is 14.5. The second-order valence-corrected chi connectivity index (χ2v) is 7.53. The Hall–Kier alpha value is -1.50. The molecule has 0 spiro atoms. The molecule has 2 fully saturated rings. The van der Waals surface area contributed by atoms with E-state index in [9.17, 15) is 4.79 Å². The monoisotopic (exact) mass is 346 g/mol. The van der Waals surface area contributed by atoms with Crippen LogP contribution in [0.25, 0.3) is 10.2 Å². The zero-order valence-electron chi connectivity index (χ0n) is 13.6. The van der Waals surface area contributed by atoms with Gasteiger partial charge in [-0.15, -0.1) is 11.3 Å². The third-order valence-corrected chi connectivity index (χ3v) is 5.85. The first-order valence-electron chi connectivity index (χ1n) is 8.64. The van der Waals surface area contributed by atoms with E-state index in [2.05, 4.69) is 11.1 Å². The number of rotatable bonds is 4. The predicted octanol–water partition coefficient (Wildman–Crippen LogP) is 2.98. The molecule has 0 radical (unpaired) electrons. The highest BCUT2D eigenvalue weighted by atomic mass is 32.1. The minimum atomic E-state index is 0.0799. The van der Waals surface area contributed by atoms with Gasteiger partial charge in [-0.1, -0.05) is 25.0 Å². The minimum Gasteiger partial charge on any atom is -0.374 e. The van der Waals surface area contributed by atoms with Crippen molar-refractivity contribution >= 4 is 27.5 Å². The molecule has 1 amide bonds. The van der Waals surface area contributed by atoms with Crippen molar-refractivity contribution in [1.82, 2.24) is 9.88 Å². The first-order valence-corrected chi connectivity index (χ1v) is 9.46. The van der Waals surface area contributed by atoms with Crippen molar-refractivity contribution < 1.29 is 14.3 Å². The van der Waals surface area contributed by atoms with Gasteiger partial charge in [0.15, 0.2) is 0 Å². The highest BCUT2D eigenvalue weighted by Gasteiger charge is 2.36. The van der Waals surface area contributed by atoms with E-state index in [1.165, 1.54) is 12.8 Å². The summed E-state index contributed by atoms with van der Waals surface area (Å²) < 4.78 is 12.6. The first kappa shape index (κ1) is 16.0. The number of fused-ring (bicyclic) bond motifs is 2. The number of para-hydroxylation sites is 1. The molecule has 1 saturated carbocycles. The average Bonchev–Trinajstić information content (AvgIpc) is 3.04. The average molecular weight is 346 g/mol. The van der Waals surface area contributed by atoms with Crippen LogP contribution in [0.3, 0.4) is 0 Å². The number of nitrogens with zero attached hydrogens (tertiary/aromatic N) is 2. The molecule has 24 heavy (non-hydrogen) atoms. The Labute approximate surface area is 145 Å². The van der Waals surface area contributed by atoms with Crippen LogP contribution in [-0.4, -0.2) is 47.7 Å². The molecular formula is C18H22N2O3S. The van der Waals surface area contributed by atoms with Crippen LogP contribution in [0.5, 0.6) is 0 Å². The molecule has 5 nitrogen and oxygen atoms in total. The predicted molar refractivity (Wildman–Crippen MR) is 93.0 cm³/mol. The molecule has 6 heteroatoms. The standard InChI is InChI=1S/C18H22N2O3S/c21-18(20-9-10-23-15-7-3-2-6-14(15)20)12-22-11-17-19-13-5-1-4-8-16(13)24-17/h1,4-5,8,14-15H,2-3,6-7,9-12H2/t14-,15-/m0/s1. The summed E-state index contributed by atoms with van der Waals surface area (Å²) in [6.07, 6.45) is 4.73. The van der Waals surface area contributed by atoms with Gasteiger partial charge in [0, 0.05) is 6.54 Å². The van der Waals surface area contributed by atoms with Crippen LogP contribution in [0, 0.1) is 0 Å². The van der Waals surface area contributed by atoms with E-state index in [0.29, 0.717) is 19.8 Å². The Morgan fingerprint density at radius 1 is 1.33 bits per heavy atom. The lowest BCUT2D eigenvalue weighted by molar-refractivity contribution is -0.154. The van der Waals surface area contributed by atoms with Gasteiger partial charge in [0.25, 0.3) is 0 Å². The maximum absolute atomic E-state index is 12.5. The maximum atomic E-state index is 12.5. The van der Waals surface area contributed by atoms with Crippen molar-refractivity contribution in [3.63, 3.8) is 0 Å². The molecule has 1 aromatic heterocycles. The number of thiazole rings is 1. The summed E-state index contributed by atoms with van der Waals surface area (Å²) in [7, 11) is 0. The Morgan fingerprint density at radius 3 is 3.12 bits per heavy atom. The number of carbonyl (C=O) groups excluding carboxylic acids is 1. The molecule has 2 heterocycles. The van der Waals surface area contributed by atoms with Crippen molar-refractivity contribution in [2.45, 2.75) is 44.4 Å². The van der Waals surface area contributed by atoms with Crippen LogP contribution in [0.1, 0.15) is 30.7 Å². The largest absolute Gasteiger partial charge is 0.374 e. The first-order chi connectivity index (χ1) is 11.8. The zero-order chi connectivity index (χ0) is 16.4. The summed E-state index contributed by atoms with van der Waals surface area (Å²) in [4.78, 5) is 19.1. The number of amides is 1. The van der Waals surface area contributed by atoms with Crippen LogP contribution in [-0.2, 0) is 20.9 Å². The molecule has 2 aliphatic rings. The highest BCUT2D eigenvalue weighted by molar-refractivity contribution is 7.18. The Kier molecular flexibility index (Phi) is 4.78. The SMILES string of the molecule is O=C(COCc1nc2ccccc2s1)N1CCO[C@H]2CCCC[C@@H]21. The number of carbonyl (C=O) groups is 1. The van der Waals surface area contributed by atoms with Gasteiger partial charge in [0.05, 0.1) is 35.6 Å². The van der Waals surface area contributed by atoms with Crippen LogP contribution < -0.4 is 0 Å². The normalized spacial score (nSPS) is 24.1. The summed E-state index contributed by atoms with van der Waals surface area (Å²) >= 11 is 1.62. The van der Waals surface area contributed by atoms with Gasteiger partial charge in [0.2, 0.25) is 5.91 Å². The molecule has 4 rings (SSSR count). The molecule has 1 aromatic carbocycles. The molecular weight excluding hydrogens is 324 g/mol. The lowest BCUT2D eigenvalue weighted by Gasteiger charge is -2.43. The molecule has 2 aromatic rings. The number of aromatic nitrogens is 1. The van der Waals surface area contributed by atoms with Crippen LogP contribution >= 0.6 is 11.3 Å². The number of ether oxygens (including phenoxy) is 2. The fourth-order valence-electron chi connectivity index (χ4n) is 3.70. The van der Waals surface area contributed by atoms with Crippen molar-refractivity contribution in [3.05, 3.63) is 29.3 Å². The van der Waals surface area contributed by atoms with Crippen LogP contribution in [0.15, 0.2) is 24.3 Å². The smallest absolute Gasteiger partial charge is 0.249 e. The van der Waals surface area contributed by atoms with Gasteiger partial charge in [-0.3, -0.25) is 4.79 Å².